The van der Waals surface area contributed by atoms with Gasteiger partial charge >= 0.3 is 0 Å². The fraction of sp³-hybridized carbons (Fsp3) is 0.160. The maximum absolute atomic E-state index is 13.1. The minimum atomic E-state index is -0.305. The van der Waals surface area contributed by atoms with Crippen LogP contribution in [0.15, 0.2) is 90.6 Å². The van der Waals surface area contributed by atoms with Crippen molar-refractivity contribution in [2.75, 3.05) is 0 Å². The number of rotatable bonds is 6. The topological polar surface area (TPSA) is 70.6 Å². The summed E-state index contributed by atoms with van der Waals surface area (Å²) >= 11 is 0. The Labute approximate surface area is 176 Å². The van der Waals surface area contributed by atoms with E-state index in [0.717, 1.165) is 16.8 Å². The number of carbonyl (C=O) groups excluding carboxylic acids is 1. The van der Waals surface area contributed by atoms with Crippen molar-refractivity contribution >= 4 is 5.78 Å². The lowest BCUT2D eigenvalue weighted by molar-refractivity contribution is 0.103. The van der Waals surface area contributed by atoms with Gasteiger partial charge in [-0.2, -0.15) is 0 Å². The molecule has 1 fully saturated rings. The number of benzene rings is 3. The fourth-order valence-corrected chi connectivity index (χ4v) is 3.62. The molecule has 5 heteroatoms. The first-order valence-electron chi connectivity index (χ1n) is 9.94. The third-order valence-corrected chi connectivity index (χ3v) is 5.30. The number of allylic oxidation sites excluding steroid dienone is 1. The van der Waals surface area contributed by atoms with Crippen LogP contribution in [0.4, 0.5) is 0 Å². The zero-order valence-electron chi connectivity index (χ0n) is 16.7. The van der Waals surface area contributed by atoms with E-state index in [2.05, 4.69) is 29.9 Å². The minimum Gasteiger partial charge on any atom is -0.507 e. The van der Waals surface area contributed by atoms with E-state index in [9.17, 15) is 9.90 Å². The number of ether oxygens (including phenoxy) is 1. The Morgan fingerprint density at radius 2 is 1.70 bits per heavy atom. The van der Waals surface area contributed by atoms with Crippen molar-refractivity contribution in [1.82, 2.24) is 10.9 Å². The number of hydrogen-bond acceptors (Lipinski definition) is 5. The third kappa shape index (κ3) is 4.21. The first-order chi connectivity index (χ1) is 14.6. The smallest absolute Gasteiger partial charge is 0.195 e. The highest BCUT2D eigenvalue weighted by Crippen LogP contribution is 2.33. The van der Waals surface area contributed by atoms with Crippen molar-refractivity contribution in [2.24, 2.45) is 5.92 Å². The summed E-state index contributed by atoms with van der Waals surface area (Å²) in [6.45, 7) is 2.37. The Morgan fingerprint density at radius 3 is 2.43 bits per heavy atom. The lowest BCUT2D eigenvalue weighted by atomic mass is 9.93. The van der Waals surface area contributed by atoms with Crippen LogP contribution in [0.5, 0.6) is 11.5 Å². The lowest BCUT2D eigenvalue weighted by Crippen LogP contribution is -2.24. The van der Waals surface area contributed by atoms with Gasteiger partial charge in [-0.1, -0.05) is 73.7 Å². The summed E-state index contributed by atoms with van der Waals surface area (Å²) < 4.78 is 5.86. The molecule has 5 nitrogen and oxygen atoms in total. The molecule has 3 N–H and O–H groups in total. The van der Waals surface area contributed by atoms with E-state index in [1.54, 1.807) is 12.1 Å². The highest BCUT2D eigenvalue weighted by Gasteiger charge is 2.30. The second-order valence-corrected chi connectivity index (χ2v) is 7.33. The van der Waals surface area contributed by atoms with E-state index < -0.39 is 0 Å². The normalized spacial score (nSPS) is 19.4. The zero-order chi connectivity index (χ0) is 20.9. The van der Waals surface area contributed by atoms with Crippen LogP contribution in [0.2, 0.25) is 0 Å². The summed E-state index contributed by atoms with van der Waals surface area (Å²) in [5, 5.41) is 10.4. The molecule has 0 aromatic heterocycles. The quantitative estimate of drug-likeness (QED) is 0.419. The van der Waals surface area contributed by atoms with Gasteiger partial charge in [0, 0.05) is 17.7 Å². The van der Waals surface area contributed by atoms with Gasteiger partial charge in [-0.05, 0) is 23.3 Å². The summed E-state index contributed by atoms with van der Waals surface area (Å²) in [6.07, 6.45) is 1.53. The van der Waals surface area contributed by atoms with E-state index in [4.69, 9.17) is 4.74 Å². The van der Waals surface area contributed by atoms with Crippen molar-refractivity contribution in [1.29, 1.82) is 0 Å². The number of phenolic OH excluding ortho intramolecular Hbond substituents is 1. The molecule has 0 aliphatic carbocycles. The Kier molecular flexibility index (Phi) is 5.82. The molecule has 30 heavy (non-hydrogen) atoms. The summed E-state index contributed by atoms with van der Waals surface area (Å²) in [6, 6.07) is 24.7. The molecule has 2 atom stereocenters. The second-order valence-electron chi connectivity index (χ2n) is 7.33. The highest BCUT2D eigenvalue weighted by molar-refractivity contribution is 6.08. The van der Waals surface area contributed by atoms with Crippen LogP contribution in [0.1, 0.15) is 34.5 Å². The van der Waals surface area contributed by atoms with E-state index >= 15 is 0 Å². The van der Waals surface area contributed by atoms with E-state index in [-0.39, 0.29) is 29.1 Å². The van der Waals surface area contributed by atoms with Crippen molar-refractivity contribution in [3.63, 3.8) is 0 Å². The first kappa shape index (κ1) is 19.7. The number of phenols is 1. The van der Waals surface area contributed by atoms with Gasteiger partial charge in [0.15, 0.2) is 5.78 Å². The van der Waals surface area contributed by atoms with Gasteiger partial charge < -0.3 is 15.3 Å². The molecule has 3 aromatic rings. The van der Waals surface area contributed by atoms with Crippen molar-refractivity contribution in [2.45, 2.75) is 19.6 Å². The van der Waals surface area contributed by atoms with Crippen LogP contribution >= 0.6 is 0 Å². The molecule has 4 rings (SSSR count). The van der Waals surface area contributed by atoms with Crippen LogP contribution in [-0.2, 0) is 6.61 Å². The van der Waals surface area contributed by atoms with Crippen LogP contribution in [0.25, 0.3) is 0 Å². The molecular formula is C25H24N2O3. The predicted molar refractivity (Wildman–Crippen MR) is 116 cm³/mol. The summed E-state index contributed by atoms with van der Waals surface area (Å²) in [4.78, 5) is 13.1. The minimum absolute atomic E-state index is 0.0587. The maximum Gasteiger partial charge on any atom is 0.195 e. The average molecular weight is 400 g/mol. The molecule has 0 bridgehead atoms. The molecule has 1 aliphatic heterocycles. The number of hydrogen-bond donors (Lipinski definition) is 3. The Morgan fingerprint density at radius 1 is 1.00 bits per heavy atom. The Hall–Kier alpha value is -3.57. The average Bonchev–Trinajstić information content (AvgIpc) is 3.13. The number of ketones is 1. The summed E-state index contributed by atoms with van der Waals surface area (Å²) in [5.74, 6) is 0.0245. The van der Waals surface area contributed by atoms with Gasteiger partial charge in [-0.3, -0.25) is 4.79 Å². The predicted octanol–water partition coefficient (Wildman–Crippen LogP) is 4.52. The van der Waals surface area contributed by atoms with Gasteiger partial charge in [-0.25, -0.2) is 5.43 Å². The van der Waals surface area contributed by atoms with E-state index in [1.807, 2.05) is 48.5 Å². The molecule has 0 radical (unpaired) electrons. The Balaban J connectivity index is 1.55. The molecule has 0 saturated carbocycles. The van der Waals surface area contributed by atoms with Crippen molar-refractivity contribution in [3.05, 3.63) is 107 Å². The standard InChI is InChI=1S/C25H24N2O3/c1-17-20(26-27-25(17)19-11-6-3-7-12-19)15-22(29)24-21(28)13-8-14-23(24)30-16-18-9-4-2-5-10-18/h2-15,17,25-28H,16H2,1H3/b20-15-/t17-,25-/m0/s1. The highest BCUT2D eigenvalue weighted by atomic mass is 16.5. The molecule has 0 spiro atoms. The van der Waals surface area contributed by atoms with Gasteiger partial charge in [0.1, 0.15) is 23.7 Å². The molecule has 0 amide bonds. The van der Waals surface area contributed by atoms with Gasteiger partial charge in [0.2, 0.25) is 0 Å². The summed E-state index contributed by atoms with van der Waals surface area (Å²) in [5.41, 5.74) is 9.42. The van der Waals surface area contributed by atoms with Crippen molar-refractivity contribution in [3.8, 4) is 11.5 Å². The third-order valence-electron chi connectivity index (χ3n) is 5.30. The molecule has 1 saturated heterocycles. The fourth-order valence-electron chi connectivity index (χ4n) is 3.62. The van der Waals surface area contributed by atoms with Crippen LogP contribution < -0.4 is 15.6 Å². The summed E-state index contributed by atoms with van der Waals surface area (Å²) in [7, 11) is 0. The SMILES string of the molecule is C[C@H]1/C(=C/C(=O)c2c(O)cccc2OCc2ccccc2)NN[C@@H]1c1ccccc1. The van der Waals surface area contributed by atoms with Crippen LogP contribution in [0, 0.1) is 5.92 Å². The van der Waals surface area contributed by atoms with E-state index in [1.165, 1.54) is 12.1 Å². The van der Waals surface area contributed by atoms with Crippen LogP contribution in [-0.4, -0.2) is 10.9 Å². The van der Waals surface area contributed by atoms with Crippen molar-refractivity contribution < 1.29 is 14.6 Å². The zero-order valence-corrected chi connectivity index (χ0v) is 16.7. The maximum atomic E-state index is 13.1. The Bertz CT molecular complexity index is 1050. The molecule has 0 unspecified atom stereocenters. The van der Waals surface area contributed by atoms with Gasteiger partial charge in [0.05, 0.1) is 6.04 Å². The molecule has 1 aliphatic rings. The first-order valence-corrected chi connectivity index (χ1v) is 9.94. The van der Waals surface area contributed by atoms with Gasteiger partial charge in [0.25, 0.3) is 0 Å². The monoisotopic (exact) mass is 400 g/mol. The molecular weight excluding hydrogens is 376 g/mol. The lowest BCUT2D eigenvalue weighted by Gasteiger charge is -2.14. The molecule has 1 heterocycles. The van der Waals surface area contributed by atoms with E-state index in [0.29, 0.717) is 12.4 Å². The van der Waals surface area contributed by atoms with Crippen LogP contribution in [0.3, 0.4) is 0 Å². The second kappa shape index (κ2) is 8.84. The van der Waals surface area contributed by atoms with Gasteiger partial charge in [-0.15, -0.1) is 0 Å². The number of hydrazine groups is 1. The largest absolute Gasteiger partial charge is 0.507 e. The molecule has 152 valence electrons. The molecule has 3 aromatic carbocycles. The number of aromatic hydroxyl groups is 1. The number of carbonyl (C=O) groups is 1. The number of nitrogens with one attached hydrogen (secondary N) is 2.